The molecular formula is C19H17N3O4. The van der Waals surface area contributed by atoms with Crippen LogP contribution in [0.4, 0.5) is 5.69 Å². The molecule has 0 spiro atoms. The van der Waals surface area contributed by atoms with Gasteiger partial charge in [-0.3, -0.25) is 4.79 Å². The van der Waals surface area contributed by atoms with E-state index in [1.807, 2.05) is 0 Å². The average molecular weight is 351 g/mol. The quantitative estimate of drug-likeness (QED) is 0.666. The second-order valence-electron chi connectivity index (χ2n) is 5.34. The van der Waals surface area contributed by atoms with Gasteiger partial charge in [-0.05, 0) is 24.3 Å². The Morgan fingerprint density at radius 2 is 1.88 bits per heavy atom. The summed E-state index contributed by atoms with van der Waals surface area (Å²) in [4.78, 5) is 31.2. The van der Waals surface area contributed by atoms with Gasteiger partial charge < -0.3 is 19.8 Å². The van der Waals surface area contributed by atoms with Gasteiger partial charge in [-0.2, -0.15) is 0 Å². The van der Waals surface area contributed by atoms with Crippen LogP contribution in [0, 0.1) is 0 Å². The molecule has 2 N–H and O–H groups in total. The first-order valence-electron chi connectivity index (χ1n) is 7.87. The van der Waals surface area contributed by atoms with Crippen LogP contribution in [0.15, 0.2) is 60.9 Å². The summed E-state index contributed by atoms with van der Waals surface area (Å²) in [7, 11) is 1.51. The Morgan fingerprint density at radius 1 is 1.12 bits per heavy atom. The zero-order valence-electron chi connectivity index (χ0n) is 14.1. The number of hydrogen-bond donors (Lipinski definition) is 2. The minimum atomic E-state index is -0.578. The lowest BCUT2D eigenvalue weighted by molar-refractivity contribution is -0.119. The molecule has 26 heavy (non-hydrogen) atoms. The minimum Gasteiger partial charge on any atom is -0.495 e. The fraction of sp³-hybridized carbons (Fsp3) is 0.105. The number of anilines is 1. The molecular weight excluding hydrogens is 334 g/mol. The second-order valence-corrected chi connectivity index (χ2v) is 5.34. The highest BCUT2D eigenvalue weighted by Gasteiger charge is 2.12. The standard InChI is InChI=1S/C19H17N3O4/c1-25-16-5-3-2-4-15(16)22-17(23)12-26-19(24)14-8-6-13(7-9-14)18-20-10-11-21-18/h2-11H,12H2,1H3,(H,20,21)(H,22,23). The summed E-state index contributed by atoms with van der Waals surface area (Å²) in [6.45, 7) is -0.392. The predicted octanol–water partition coefficient (Wildman–Crippen LogP) is 2.88. The molecule has 0 unspecified atom stereocenters. The molecule has 0 aliphatic heterocycles. The van der Waals surface area contributed by atoms with Crippen LogP contribution in [0.5, 0.6) is 5.75 Å². The Kier molecular flexibility index (Phi) is 5.28. The van der Waals surface area contributed by atoms with Gasteiger partial charge in [0.25, 0.3) is 5.91 Å². The molecule has 7 nitrogen and oxygen atoms in total. The molecule has 0 bridgehead atoms. The molecule has 2 aromatic carbocycles. The number of imidazole rings is 1. The minimum absolute atomic E-state index is 0.352. The Balaban J connectivity index is 1.55. The first-order chi connectivity index (χ1) is 12.7. The maximum absolute atomic E-state index is 12.1. The Morgan fingerprint density at radius 3 is 2.58 bits per heavy atom. The number of nitrogens with zero attached hydrogens (tertiary/aromatic N) is 1. The molecule has 1 heterocycles. The molecule has 0 fully saturated rings. The van der Waals surface area contributed by atoms with Crippen LogP contribution >= 0.6 is 0 Å². The van der Waals surface area contributed by atoms with E-state index < -0.39 is 18.5 Å². The van der Waals surface area contributed by atoms with E-state index in [9.17, 15) is 9.59 Å². The largest absolute Gasteiger partial charge is 0.495 e. The van der Waals surface area contributed by atoms with Gasteiger partial charge in [0.2, 0.25) is 0 Å². The summed E-state index contributed by atoms with van der Waals surface area (Å²) in [6, 6.07) is 13.7. The van der Waals surface area contributed by atoms with Gasteiger partial charge in [0, 0.05) is 18.0 Å². The molecule has 3 rings (SSSR count). The number of esters is 1. The van der Waals surface area contributed by atoms with Crippen molar-refractivity contribution < 1.29 is 19.1 Å². The Labute approximate surface area is 150 Å². The van der Waals surface area contributed by atoms with Gasteiger partial charge in [-0.15, -0.1) is 0 Å². The fourth-order valence-electron chi connectivity index (χ4n) is 2.34. The molecule has 1 aromatic heterocycles. The first kappa shape index (κ1) is 17.2. The van der Waals surface area contributed by atoms with Gasteiger partial charge in [-0.1, -0.05) is 24.3 Å². The molecule has 132 valence electrons. The number of para-hydroxylation sites is 2. The van der Waals surface area contributed by atoms with E-state index in [4.69, 9.17) is 9.47 Å². The average Bonchev–Trinajstić information content (AvgIpc) is 3.21. The van der Waals surface area contributed by atoms with Crippen molar-refractivity contribution in [3.63, 3.8) is 0 Å². The monoisotopic (exact) mass is 351 g/mol. The van der Waals surface area contributed by atoms with E-state index in [0.717, 1.165) is 5.56 Å². The number of aromatic nitrogens is 2. The number of H-pyrrole nitrogens is 1. The number of hydrogen-bond acceptors (Lipinski definition) is 5. The van der Waals surface area contributed by atoms with Gasteiger partial charge >= 0.3 is 5.97 Å². The van der Waals surface area contributed by atoms with Crippen LogP contribution < -0.4 is 10.1 Å². The Hall–Kier alpha value is -3.61. The van der Waals surface area contributed by atoms with Crippen LogP contribution in [0.3, 0.4) is 0 Å². The molecule has 0 aliphatic rings. The van der Waals surface area contributed by atoms with Gasteiger partial charge in [-0.25, -0.2) is 9.78 Å². The number of carbonyl (C=O) groups excluding carboxylic acids is 2. The maximum Gasteiger partial charge on any atom is 0.338 e. The number of nitrogens with one attached hydrogen (secondary N) is 2. The summed E-state index contributed by atoms with van der Waals surface area (Å²) < 4.78 is 10.2. The lowest BCUT2D eigenvalue weighted by atomic mass is 10.1. The van der Waals surface area contributed by atoms with E-state index in [1.54, 1.807) is 60.9 Å². The molecule has 0 atom stereocenters. The molecule has 1 amide bonds. The van der Waals surface area contributed by atoms with Gasteiger partial charge in [0.1, 0.15) is 11.6 Å². The highest BCUT2D eigenvalue weighted by Crippen LogP contribution is 2.22. The molecule has 0 aliphatic carbocycles. The van der Waals surface area contributed by atoms with Crippen molar-refractivity contribution in [2.45, 2.75) is 0 Å². The highest BCUT2D eigenvalue weighted by molar-refractivity contribution is 5.96. The van der Waals surface area contributed by atoms with E-state index in [0.29, 0.717) is 22.8 Å². The lowest BCUT2D eigenvalue weighted by Crippen LogP contribution is -2.21. The summed E-state index contributed by atoms with van der Waals surface area (Å²) in [5.41, 5.74) is 1.71. The smallest absolute Gasteiger partial charge is 0.338 e. The highest BCUT2D eigenvalue weighted by atomic mass is 16.5. The van der Waals surface area contributed by atoms with Crippen LogP contribution in [0.2, 0.25) is 0 Å². The van der Waals surface area contributed by atoms with Gasteiger partial charge in [0.05, 0.1) is 18.4 Å². The first-order valence-corrected chi connectivity index (χ1v) is 7.87. The maximum atomic E-state index is 12.1. The summed E-state index contributed by atoms with van der Waals surface area (Å²) in [5.74, 6) is 0.211. The Bertz CT molecular complexity index is 889. The second kappa shape index (κ2) is 7.98. The lowest BCUT2D eigenvalue weighted by Gasteiger charge is -2.10. The third-order valence-electron chi connectivity index (χ3n) is 3.61. The van der Waals surface area contributed by atoms with Crippen LogP contribution in [0.1, 0.15) is 10.4 Å². The van der Waals surface area contributed by atoms with Crippen molar-refractivity contribution in [3.8, 4) is 17.1 Å². The van der Waals surface area contributed by atoms with Gasteiger partial charge in [0.15, 0.2) is 6.61 Å². The number of methoxy groups -OCH3 is 1. The molecule has 3 aromatic rings. The number of aromatic amines is 1. The summed E-state index contributed by atoms with van der Waals surface area (Å²) in [6.07, 6.45) is 3.37. The van der Waals surface area contributed by atoms with Crippen molar-refractivity contribution in [1.82, 2.24) is 9.97 Å². The third kappa shape index (κ3) is 4.07. The predicted molar refractivity (Wildman–Crippen MR) is 95.9 cm³/mol. The van der Waals surface area contributed by atoms with E-state index >= 15 is 0 Å². The zero-order chi connectivity index (χ0) is 18.4. The topological polar surface area (TPSA) is 93.3 Å². The molecule has 0 saturated carbocycles. The summed E-state index contributed by atoms with van der Waals surface area (Å²) >= 11 is 0. The SMILES string of the molecule is COc1ccccc1NC(=O)COC(=O)c1ccc(-c2ncc[nH]2)cc1. The van der Waals surface area contributed by atoms with Crippen LogP contribution in [-0.4, -0.2) is 35.6 Å². The van der Waals surface area contributed by atoms with Crippen molar-refractivity contribution in [2.75, 3.05) is 19.0 Å². The third-order valence-corrected chi connectivity index (χ3v) is 3.61. The normalized spacial score (nSPS) is 10.2. The summed E-state index contributed by atoms with van der Waals surface area (Å²) in [5, 5.41) is 2.64. The zero-order valence-corrected chi connectivity index (χ0v) is 14.1. The van der Waals surface area contributed by atoms with E-state index in [-0.39, 0.29) is 0 Å². The number of benzene rings is 2. The van der Waals surface area contributed by atoms with E-state index in [1.165, 1.54) is 7.11 Å². The number of ether oxygens (including phenoxy) is 2. The number of rotatable bonds is 6. The molecule has 0 radical (unpaired) electrons. The number of amides is 1. The van der Waals surface area contributed by atoms with Crippen molar-refractivity contribution >= 4 is 17.6 Å². The molecule has 7 heteroatoms. The molecule has 0 saturated heterocycles. The number of carbonyl (C=O) groups is 2. The van der Waals surface area contributed by atoms with Crippen molar-refractivity contribution in [1.29, 1.82) is 0 Å². The van der Waals surface area contributed by atoms with Crippen molar-refractivity contribution in [3.05, 3.63) is 66.5 Å². The van der Waals surface area contributed by atoms with Crippen LogP contribution in [-0.2, 0) is 9.53 Å². The van der Waals surface area contributed by atoms with E-state index in [2.05, 4.69) is 15.3 Å². The van der Waals surface area contributed by atoms with Crippen LogP contribution in [0.25, 0.3) is 11.4 Å². The fourth-order valence-corrected chi connectivity index (χ4v) is 2.34. The van der Waals surface area contributed by atoms with Crippen molar-refractivity contribution in [2.24, 2.45) is 0 Å².